The average Bonchev–Trinajstić information content (AvgIpc) is 2.83. The molecule has 0 bridgehead atoms. The highest BCUT2D eigenvalue weighted by molar-refractivity contribution is 5.78. The zero-order valence-electron chi connectivity index (χ0n) is 11.0. The Kier molecular flexibility index (Phi) is 3.77. The highest BCUT2D eigenvalue weighted by atomic mass is 16.3. The van der Waals surface area contributed by atoms with Crippen molar-refractivity contribution in [3.63, 3.8) is 0 Å². The molecule has 5 heteroatoms. The maximum Gasteiger partial charge on any atom is 0.0862 e. The van der Waals surface area contributed by atoms with Gasteiger partial charge in [0.15, 0.2) is 0 Å². The Bertz CT molecular complexity index is 533. The second-order valence-corrected chi connectivity index (χ2v) is 5.09. The van der Waals surface area contributed by atoms with Crippen molar-refractivity contribution in [1.82, 2.24) is 20.0 Å². The minimum absolute atomic E-state index is 0.374. The van der Waals surface area contributed by atoms with Crippen molar-refractivity contribution in [3.05, 3.63) is 30.5 Å². The van der Waals surface area contributed by atoms with Crippen LogP contribution in [0.15, 0.2) is 30.5 Å². The van der Waals surface area contributed by atoms with Gasteiger partial charge in [-0.15, -0.1) is 0 Å². The molecule has 2 N–H and O–H groups in total. The van der Waals surface area contributed by atoms with E-state index in [2.05, 4.69) is 15.3 Å². The molecule has 1 fully saturated rings. The lowest BCUT2D eigenvalue weighted by atomic mass is 10.2. The van der Waals surface area contributed by atoms with Crippen LogP contribution in [-0.4, -0.2) is 58.6 Å². The van der Waals surface area contributed by atoms with Crippen LogP contribution in [0.25, 0.3) is 10.9 Å². The third-order valence-corrected chi connectivity index (χ3v) is 3.61. The molecule has 0 spiro atoms. The molecule has 0 amide bonds. The van der Waals surface area contributed by atoms with E-state index in [1.165, 1.54) is 0 Å². The van der Waals surface area contributed by atoms with Crippen molar-refractivity contribution in [1.29, 1.82) is 0 Å². The number of hydrogen-bond donors (Lipinski definition) is 2. The molecule has 1 aliphatic rings. The van der Waals surface area contributed by atoms with Crippen LogP contribution in [-0.2, 0) is 6.54 Å². The topological polar surface area (TPSA) is 53.3 Å². The summed E-state index contributed by atoms with van der Waals surface area (Å²) in [5.74, 6) is 0. The average molecular weight is 260 g/mol. The SMILES string of the molecule is OC(CN1CCNCC1)Cn1ncc2ccccc21. The van der Waals surface area contributed by atoms with Crippen LogP contribution in [0.4, 0.5) is 0 Å². The number of nitrogens with one attached hydrogen (secondary N) is 1. The van der Waals surface area contributed by atoms with Gasteiger partial charge in [-0.1, -0.05) is 18.2 Å². The first-order chi connectivity index (χ1) is 9.33. The van der Waals surface area contributed by atoms with E-state index in [0.717, 1.165) is 43.6 Å². The molecule has 1 saturated heterocycles. The first-order valence-corrected chi connectivity index (χ1v) is 6.84. The minimum atomic E-state index is -0.374. The van der Waals surface area contributed by atoms with Gasteiger partial charge in [0, 0.05) is 38.1 Å². The summed E-state index contributed by atoms with van der Waals surface area (Å²) >= 11 is 0. The Labute approximate surface area is 112 Å². The fraction of sp³-hybridized carbons (Fsp3) is 0.500. The molecule has 2 heterocycles. The van der Waals surface area contributed by atoms with Crippen LogP contribution in [0.5, 0.6) is 0 Å². The number of hydrogen-bond acceptors (Lipinski definition) is 4. The molecule has 19 heavy (non-hydrogen) atoms. The number of aliphatic hydroxyl groups excluding tert-OH is 1. The van der Waals surface area contributed by atoms with Crippen LogP contribution < -0.4 is 5.32 Å². The first kappa shape index (κ1) is 12.6. The predicted octanol–water partition coefficient (Wildman–Crippen LogP) is 0.302. The molecule has 5 nitrogen and oxygen atoms in total. The van der Waals surface area contributed by atoms with Gasteiger partial charge in [0.2, 0.25) is 0 Å². The number of fused-ring (bicyclic) bond motifs is 1. The Morgan fingerprint density at radius 1 is 1.21 bits per heavy atom. The van der Waals surface area contributed by atoms with E-state index in [-0.39, 0.29) is 6.10 Å². The molecule has 1 aromatic heterocycles. The van der Waals surface area contributed by atoms with Gasteiger partial charge in [0.25, 0.3) is 0 Å². The van der Waals surface area contributed by atoms with E-state index in [9.17, 15) is 5.11 Å². The van der Waals surface area contributed by atoms with E-state index in [1.807, 2.05) is 35.1 Å². The zero-order valence-corrected chi connectivity index (χ0v) is 11.0. The normalized spacial score (nSPS) is 18.8. The largest absolute Gasteiger partial charge is 0.390 e. The number of aromatic nitrogens is 2. The number of aliphatic hydroxyl groups is 1. The van der Waals surface area contributed by atoms with Crippen LogP contribution in [0.3, 0.4) is 0 Å². The highest BCUT2D eigenvalue weighted by Gasteiger charge is 2.15. The van der Waals surface area contributed by atoms with Crippen LogP contribution >= 0.6 is 0 Å². The van der Waals surface area contributed by atoms with Gasteiger partial charge in [-0.2, -0.15) is 5.10 Å². The Hall–Kier alpha value is -1.43. The zero-order chi connectivity index (χ0) is 13.1. The molecule has 1 aliphatic heterocycles. The maximum absolute atomic E-state index is 10.2. The molecular weight excluding hydrogens is 240 g/mol. The van der Waals surface area contributed by atoms with E-state index in [1.54, 1.807) is 0 Å². The predicted molar refractivity (Wildman–Crippen MR) is 75.0 cm³/mol. The third-order valence-electron chi connectivity index (χ3n) is 3.61. The Morgan fingerprint density at radius 3 is 2.84 bits per heavy atom. The summed E-state index contributed by atoms with van der Waals surface area (Å²) in [4.78, 5) is 2.30. The van der Waals surface area contributed by atoms with Gasteiger partial charge in [-0.05, 0) is 6.07 Å². The van der Waals surface area contributed by atoms with E-state index in [0.29, 0.717) is 6.54 Å². The van der Waals surface area contributed by atoms with Crippen molar-refractivity contribution in [2.45, 2.75) is 12.6 Å². The first-order valence-electron chi connectivity index (χ1n) is 6.84. The van der Waals surface area contributed by atoms with Crippen LogP contribution in [0, 0.1) is 0 Å². The summed E-state index contributed by atoms with van der Waals surface area (Å²) < 4.78 is 1.89. The summed E-state index contributed by atoms with van der Waals surface area (Å²) in [5, 5.41) is 19.0. The minimum Gasteiger partial charge on any atom is -0.390 e. The second-order valence-electron chi connectivity index (χ2n) is 5.09. The summed E-state index contributed by atoms with van der Waals surface area (Å²) in [6, 6.07) is 8.09. The number of piperazine rings is 1. The maximum atomic E-state index is 10.2. The van der Waals surface area contributed by atoms with Crippen molar-refractivity contribution in [3.8, 4) is 0 Å². The van der Waals surface area contributed by atoms with E-state index < -0.39 is 0 Å². The second kappa shape index (κ2) is 5.69. The number of para-hydroxylation sites is 1. The monoisotopic (exact) mass is 260 g/mol. The van der Waals surface area contributed by atoms with Crippen molar-refractivity contribution in [2.75, 3.05) is 32.7 Å². The smallest absolute Gasteiger partial charge is 0.0862 e. The van der Waals surface area contributed by atoms with Crippen molar-refractivity contribution < 1.29 is 5.11 Å². The van der Waals surface area contributed by atoms with Gasteiger partial charge in [-0.3, -0.25) is 9.58 Å². The molecule has 3 rings (SSSR count). The van der Waals surface area contributed by atoms with E-state index >= 15 is 0 Å². The van der Waals surface area contributed by atoms with E-state index in [4.69, 9.17) is 0 Å². The highest BCUT2D eigenvalue weighted by Crippen LogP contribution is 2.13. The molecule has 1 aromatic carbocycles. The quantitative estimate of drug-likeness (QED) is 0.830. The fourth-order valence-electron chi connectivity index (χ4n) is 2.62. The molecule has 102 valence electrons. The summed E-state index contributed by atoms with van der Waals surface area (Å²) in [6.07, 6.45) is 1.48. The Balaban J connectivity index is 1.63. The number of rotatable bonds is 4. The lowest BCUT2D eigenvalue weighted by Gasteiger charge is -2.29. The molecule has 1 atom stereocenters. The molecule has 0 aliphatic carbocycles. The number of nitrogens with zero attached hydrogens (tertiary/aromatic N) is 3. The summed E-state index contributed by atoms with van der Waals surface area (Å²) in [6.45, 7) is 5.32. The van der Waals surface area contributed by atoms with Gasteiger partial charge in [-0.25, -0.2) is 0 Å². The molecule has 0 radical (unpaired) electrons. The summed E-state index contributed by atoms with van der Waals surface area (Å²) in [7, 11) is 0. The lowest BCUT2D eigenvalue weighted by molar-refractivity contribution is 0.0900. The van der Waals surface area contributed by atoms with Gasteiger partial charge in [0.05, 0.1) is 24.4 Å². The number of β-amino-alcohol motifs (C(OH)–C–C–N with tert-alkyl or cyclic N) is 1. The molecule has 0 saturated carbocycles. The lowest BCUT2D eigenvalue weighted by Crippen LogP contribution is -2.46. The van der Waals surface area contributed by atoms with Crippen LogP contribution in [0.1, 0.15) is 0 Å². The standard InChI is InChI=1S/C14H20N4O/c19-13(10-17-7-5-15-6-8-17)11-18-14-4-2-1-3-12(14)9-16-18/h1-4,9,13,15,19H,5-8,10-11H2. The molecule has 1 unspecified atom stereocenters. The van der Waals surface area contributed by atoms with Crippen molar-refractivity contribution >= 4 is 10.9 Å². The van der Waals surface area contributed by atoms with Crippen LogP contribution in [0.2, 0.25) is 0 Å². The van der Waals surface area contributed by atoms with Gasteiger partial charge >= 0.3 is 0 Å². The van der Waals surface area contributed by atoms with Crippen molar-refractivity contribution in [2.24, 2.45) is 0 Å². The fourth-order valence-corrected chi connectivity index (χ4v) is 2.62. The number of benzene rings is 1. The van der Waals surface area contributed by atoms with Gasteiger partial charge < -0.3 is 10.4 Å². The molecular formula is C14H20N4O. The summed E-state index contributed by atoms with van der Waals surface area (Å²) in [5.41, 5.74) is 1.09. The van der Waals surface area contributed by atoms with Gasteiger partial charge in [0.1, 0.15) is 0 Å². The third kappa shape index (κ3) is 2.94. The molecule has 2 aromatic rings. The Morgan fingerprint density at radius 2 is 2.00 bits per heavy atom.